The van der Waals surface area contributed by atoms with E-state index in [4.69, 9.17) is 4.74 Å². The number of carbonyl (C=O) groups excluding carboxylic acids is 3. The van der Waals surface area contributed by atoms with Crippen molar-refractivity contribution in [3.63, 3.8) is 0 Å². The summed E-state index contributed by atoms with van der Waals surface area (Å²) in [5, 5.41) is 2.68. The quantitative estimate of drug-likeness (QED) is 0.718. The lowest BCUT2D eigenvalue weighted by atomic mass is 10.1. The predicted octanol–water partition coefficient (Wildman–Crippen LogP) is 1.65. The topological polar surface area (TPSA) is 82.2 Å². The normalized spacial score (nSPS) is 18.4. The standard InChI is InChI=1S/C24H27FN4O4/c1-33-21-8-6-19(7-9-21)27-10-12-28(13-11-27)23(31)15-26-24(32)17-14-22(30)29(16-17)20-4-2-18(25)3-5-20/h2-9,17H,10-16H2,1H3,(H,26,32). The number of anilines is 2. The number of carbonyl (C=O) groups is 3. The molecule has 2 aromatic rings. The number of benzene rings is 2. The molecule has 2 heterocycles. The molecule has 2 aliphatic rings. The van der Waals surface area contributed by atoms with Crippen LogP contribution < -0.4 is 19.9 Å². The fraction of sp³-hybridized carbons (Fsp3) is 0.375. The summed E-state index contributed by atoms with van der Waals surface area (Å²) >= 11 is 0. The molecule has 9 heteroatoms. The van der Waals surface area contributed by atoms with Gasteiger partial charge in [-0.1, -0.05) is 0 Å². The zero-order valence-corrected chi connectivity index (χ0v) is 18.5. The van der Waals surface area contributed by atoms with Crippen LogP contribution in [0.4, 0.5) is 15.8 Å². The Bertz CT molecular complexity index is 1000. The Balaban J connectivity index is 1.23. The van der Waals surface area contributed by atoms with Gasteiger partial charge in [-0.3, -0.25) is 14.4 Å². The van der Waals surface area contributed by atoms with E-state index >= 15 is 0 Å². The molecule has 0 radical (unpaired) electrons. The van der Waals surface area contributed by atoms with Gasteiger partial charge in [0.05, 0.1) is 19.6 Å². The van der Waals surface area contributed by atoms with Crippen molar-refractivity contribution >= 4 is 29.1 Å². The number of nitrogens with zero attached hydrogens (tertiary/aromatic N) is 3. The molecule has 0 aliphatic carbocycles. The molecule has 4 rings (SSSR count). The highest BCUT2D eigenvalue weighted by Gasteiger charge is 2.35. The summed E-state index contributed by atoms with van der Waals surface area (Å²) in [6.45, 7) is 2.67. The van der Waals surface area contributed by atoms with Crippen molar-refractivity contribution in [2.45, 2.75) is 6.42 Å². The molecule has 0 spiro atoms. The largest absolute Gasteiger partial charge is 0.497 e. The van der Waals surface area contributed by atoms with Crippen LogP contribution in [0.2, 0.25) is 0 Å². The lowest BCUT2D eigenvalue weighted by Crippen LogP contribution is -2.51. The molecule has 0 bridgehead atoms. The number of halogens is 1. The summed E-state index contributed by atoms with van der Waals surface area (Å²) in [5.74, 6) is -0.781. The third kappa shape index (κ3) is 5.24. The van der Waals surface area contributed by atoms with E-state index in [0.29, 0.717) is 31.9 Å². The summed E-state index contributed by atoms with van der Waals surface area (Å²) in [5.41, 5.74) is 1.63. The predicted molar refractivity (Wildman–Crippen MR) is 122 cm³/mol. The molecule has 1 unspecified atom stereocenters. The molecular weight excluding hydrogens is 427 g/mol. The number of methoxy groups -OCH3 is 1. The van der Waals surface area contributed by atoms with Crippen molar-refractivity contribution < 1.29 is 23.5 Å². The molecule has 33 heavy (non-hydrogen) atoms. The Morgan fingerprint density at radius 3 is 2.27 bits per heavy atom. The highest BCUT2D eigenvalue weighted by molar-refractivity contribution is 6.00. The molecule has 2 saturated heterocycles. The van der Waals surface area contributed by atoms with E-state index in [1.54, 1.807) is 12.0 Å². The maximum absolute atomic E-state index is 13.1. The van der Waals surface area contributed by atoms with Gasteiger partial charge in [0.25, 0.3) is 0 Å². The molecule has 1 atom stereocenters. The smallest absolute Gasteiger partial charge is 0.242 e. The van der Waals surface area contributed by atoms with Gasteiger partial charge in [-0.25, -0.2) is 4.39 Å². The lowest BCUT2D eigenvalue weighted by Gasteiger charge is -2.36. The second kappa shape index (κ2) is 9.89. The third-order valence-corrected chi connectivity index (χ3v) is 6.12. The Morgan fingerprint density at radius 1 is 1.00 bits per heavy atom. The van der Waals surface area contributed by atoms with Gasteiger partial charge >= 0.3 is 0 Å². The van der Waals surface area contributed by atoms with Crippen molar-refractivity contribution in [3.8, 4) is 5.75 Å². The first-order valence-electron chi connectivity index (χ1n) is 10.9. The van der Waals surface area contributed by atoms with Crippen LogP contribution >= 0.6 is 0 Å². The number of piperazine rings is 1. The van der Waals surface area contributed by atoms with Crippen molar-refractivity contribution in [2.24, 2.45) is 5.92 Å². The van der Waals surface area contributed by atoms with Crippen molar-refractivity contribution in [2.75, 3.05) is 56.2 Å². The summed E-state index contributed by atoms with van der Waals surface area (Å²) < 4.78 is 18.3. The molecule has 0 aromatic heterocycles. The van der Waals surface area contributed by atoms with Crippen LogP contribution in [-0.4, -0.2) is 69.0 Å². The molecule has 0 saturated carbocycles. The van der Waals surface area contributed by atoms with Gasteiger partial charge in [-0.15, -0.1) is 0 Å². The zero-order chi connectivity index (χ0) is 23.4. The first-order chi connectivity index (χ1) is 15.9. The number of nitrogens with one attached hydrogen (secondary N) is 1. The average molecular weight is 455 g/mol. The second-order valence-electron chi connectivity index (χ2n) is 8.17. The van der Waals surface area contributed by atoms with Gasteiger partial charge in [0.1, 0.15) is 11.6 Å². The Morgan fingerprint density at radius 2 is 1.64 bits per heavy atom. The van der Waals surface area contributed by atoms with E-state index < -0.39 is 5.92 Å². The van der Waals surface area contributed by atoms with Crippen LogP contribution in [0.15, 0.2) is 48.5 Å². The highest BCUT2D eigenvalue weighted by atomic mass is 19.1. The minimum Gasteiger partial charge on any atom is -0.497 e. The van der Waals surface area contributed by atoms with Gasteiger partial charge in [0, 0.05) is 50.5 Å². The van der Waals surface area contributed by atoms with Crippen LogP contribution in [0.25, 0.3) is 0 Å². The Labute approximate surface area is 191 Å². The molecule has 3 amide bonds. The van der Waals surface area contributed by atoms with E-state index in [1.807, 2.05) is 24.3 Å². The number of rotatable bonds is 6. The number of hydrogen-bond donors (Lipinski definition) is 1. The third-order valence-electron chi connectivity index (χ3n) is 6.12. The van der Waals surface area contributed by atoms with Gasteiger partial charge in [0.15, 0.2) is 0 Å². The van der Waals surface area contributed by atoms with Crippen LogP contribution in [0.1, 0.15) is 6.42 Å². The molecule has 174 valence electrons. The fourth-order valence-electron chi connectivity index (χ4n) is 4.18. The minimum atomic E-state index is -0.540. The van der Waals surface area contributed by atoms with Crippen LogP contribution in [0, 0.1) is 11.7 Å². The molecule has 2 fully saturated rings. The summed E-state index contributed by atoms with van der Waals surface area (Å²) in [6, 6.07) is 13.4. The highest BCUT2D eigenvalue weighted by Crippen LogP contribution is 2.25. The first-order valence-corrected chi connectivity index (χ1v) is 10.9. The van der Waals surface area contributed by atoms with Gasteiger partial charge in [0.2, 0.25) is 17.7 Å². The second-order valence-corrected chi connectivity index (χ2v) is 8.17. The van der Waals surface area contributed by atoms with Crippen molar-refractivity contribution in [1.29, 1.82) is 0 Å². The monoisotopic (exact) mass is 454 g/mol. The van der Waals surface area contributed by atoms with Gasteiger partial charge in [-0.2, -0.15) is 0 Å². The number of hydrogen-bond acceptors (Lipinski definition) is 5. The fourth-order valence-corrected chi connectivity index (χ4v) is 4.18. The minimum absolute atomic E-state index is 0.0674. The van der Waals surface area contributed by atoms with Crippen molar-refractivity contribution in [1.82, 2.24) is 10.2 Å². The van der Waals surface area contributed by atoms with Crippen LogP contribution in [-0.2, 0) is 14.4 Å². The van der Waals surface area contributed by atoms with E-state index in [-0.39, 0.29) is 43.0 Å². The van der Waals surface area contributed by atoms with Crippen LogP contribution in [0.5, 0.6) is 5.75 Å². The molecular formula is C24H27FN4O4. The molecule has 2 aromatic carbocycles. The van der Waals surface area contributed by atoms with Gasteiger partial charge in [-0.05, 0) is 48.5 Å². The molecule has 1 N–H and O–H groups in total. The summed E-state index contributed by atoms with van der Waals surface area (Å²) in [4.78, 5) is 42.9. The maximum atomic E-state index is 13.1. The Kier molecular flexibility index (Phi) is 6.76. The average Bonchev–Trinajstić information content (AvgIpc) is 3.24. The van der Waals surface area contributed by atoms with Gasteiger partial charge < -0.3 is 24.8 Å². The van der Waals surface area contributed by atoms with E-state index in [9.17, 15) is 18.8 Å². The molecule has 8 nitrogen and oxygen atoms in total. The lowest BCUT2D eigenvalue weighted by molar-refractivity contribution is -0.134. The number of amides is 3. The van der Waals surface area contributed by atoms with E-state index in [1.165, 1.54) is 29.2 Å². The van der Waals surface area contributed by atoms with E-state index in [2.05, 4.69) is 10.2 Å². The van der Waals surface area contributed by atoms with Crippen molar-refractivity contribution in [3.05, 3.63) is 54.3 Å². The van der Waals surface area contributed by atoms with Crippen LogP contribution in [0.3, 0.4) is 0 Å². The van der Waals surface area contributed by atoms with E-state index in [0.717, 1.165) is 11.4 Å². The zero-order valence-electron chi connectivity index (χ0n) is 18.5. The maximum Gasteiger partial charge on any atom is 0.242 e. The summed E-state index contributed by atoms with van der Waals surface area (Å²) in [7, 11) is 1.63. The Hall–Kier alpha value is -3.62. The SMILES string of the molecule is COc1ccc(N2CCN(C(=O)CNC(=O)C3CC(=O)N(c4ccc(F)cc4)C3)CC2)cc1. The summed E-state index contributed by atoms with van der Waals surface area (Å²) in [6.07, 6.45) is 0.0674. The number of ether oxygens (including phenoxy) is 1. The molecule has 2 aliphatic heterocycles. The first kappa shape index (κ1) is 22.6.